The van der Waals surface area contributed by atoms with E-state index < -0.39 is 0 Å². The number of rotatable bonds is 1. The molecule has 0 aliphatic rings. The molecular formula is C9H7BrClN3O. The number of pyridine rings is 1. The molecule has 0 aliphatic carbocycles. The molecule has 0 fully saturated rings. The van der Waals surface area contributed by atoms with E-state index in [1.54, 1.807) is 17.1 Å². The van der Waals surface area contributed by atoms with Gasteiger partial charge in [-0.1, -0.05) is 11.6 Å². The SMILES string of the molecule is Cn1cc(-c2nc(Br)c(O)cc2Cl)cn1. The van der Waals surface area contributed by atoms with Crippen molar-refractivity contribution in [2.45, 2.75) is 0 Å². The highest BCUT2D eigenvalue weighted by Crippen LogP contribution is 2.32. The first-order chi connectivity index (χ1) is 7.08. The minimum atomic E-state index is 0.0210. The first-order valence-electron chi connectivity index (χ1n) is 4.12. The molecule has 1 N–H and O–H groups in total. The van der Waals surface area contributed by atoms with Crippen molar-refractivity contribution in [3.8, 4) is 17.0 Å². The van der Waals surface area contributed by atoms with Crippen molar-refractivity contribution in [3.05, 3.63) is 28.1 Å². The Bertz CT molecular complexity index is 512. The fourth-order valence-corrected chi connectivity index (χ4v) is 1.75. The van der Waals surface area contributed by atoms with E-state index in [1.165, 1.54) is 6.07 Å². The van der Waals surface area contributed by atoms with Crippen LogP contribution >= 0.6 is 27.5 Å². The fraction of sp³-hybridized carbons (Fsp3) is 0.111. The van der Waals surface area contributed by atoms with Crippen LogP contribution in [0.5, 0.6) is 5.75 Å². The summed E-state index contributed by atoms with van der Waals surface area (Å²) in [6.07, 6.45) is 3.47. The van der Waals surface area contributed by atoms with Crippen LogP contribution in [-0.4, -0.2) is 19.9 Å². The summed E-state index contributed by atoms with van der Waals surface area (Å²) >= 11 is 9.10. The molecule has 0 spiro atoms. The molecule has 15 heavy (non-hydrogen) atoms. The highest BCUT2D eigenvalue weighted by atomic mass is 79.9. The van der Waals surface area contributed by atoms with Gasteiger partial charge in [0.1, 0.15) is 10.4 Å². The number of aromatic hydroxyl groups is 1. The maximum Gasteiger partial charge on any atom is 0.149 e. The Balaban J connectivity index is 2.58. The molecule has 0 saturated heterocycles. The van der Waals surface area contributed by atoms with Gasteiger partial charge in [-0.25, -0.2) is 4.98 Å². The third-order valence-electron chi connectivity index (χ3n) is 1.89. The van der Waals surface area contributed by atoms with E-state index in [9.17, 15) is 5.11 Å². The summed E-state index contributed by atoms with van der Waals surface area (Å²) in [4.78, 5) is 4.14. The van der Waals surface area contributed by atoms with Crippen LogP contribution in [0.25, 0.3) is 11.3 Å². The van der Waals surface area contributed by atoms with E-state index in [1.807, 2.05) is 7.05 Å². The molecule has 2 heterocycles. The van der Waals surface area contributed by atoms with E-state index in [-0.39, 0.29) is 5.75 Å². The Morgan fingerprint density at radius 1 is 1.53 bits per heavy atom. The normalized spacial score (nSPS) is 10.6. The molecule has 6 heteroatoms. The van der Waals surface area contributed by atoms with Gasteiger partial charge in [0.2, 0.25) is 0 Å². The maximum absolute atomic E-state index is 9.36. The van der Waals surface area contributed by atoms with Crippen LogP contribution < -0.4 is 0 Å². The molecule has 0 bridgehead atoms. The molecule has 2 rings (SSSR count). The Morgan fingerprint density at radius 3 is 2.87 bits per heavy atom. The molecule has 0 atom stereocenters. The molecular weight excluding hydrogens is 281 g/mol. The molecule has 0 saturated carbocycles. The number of halogens is 2. The van der Waals surface area contributed by atoms with Gasteiger partial charge in [-0.2, -0.15) is 5.10 Å². The molecule has 78 valence electrons. The highest BCUT2D eigenvalue weighted by Gasteiger charge is 2.11. The number of hydrogen-bond acceptors (Lipinski definition) is 3. The maximum atomic E-state index is 9.36. The van der Waals surface area contributed by atoms with Crippen molar-refractivity contribution < 1.29 is 5.11 Å². The smallest absolute Gasteiger partial charge is 0.149 e. The monoisotopic (exact) mass is 287 g/mol. The minimum Gasteiger partial charge on any atom is -0.505 e. The highest BCUT2D eigenvalue weighted by molar-refractivity contribution is 9.10. The molecule has 0 aliphatic heterocycles. The zero-order chi connectivity index (χ0) is 11.0. The van der Waals surface area contributed by atoms with Crippen molar-refractivity contribution in [2.75, 3.05) is 0 Å². The van der Waals surface area contributed by atoms with Gasteiger partial charge in [0.15, 0.2) is 0 Å². The standard InChI is InChI=1S/C9H7BrClN3O/c1-14-4-5(3-12-14)8-6(11)2-7(15)9(10)13-8/h2-4,15H,1H3. The lowest BCUT2D eigenvalue weighted by molar-refractivity contribution is 0.469. The van der Waals surface area contributed by atoms with Crippen LogP contribution in [0.1, 0.15) is 0 Å². The predicted molar refractivity (Wildman–Crippen MR) is 60.8 cm³/mol. The van der Waals surface area contributed by atoms with Gasteiger partial charge in [0.25, 0.3) is 0 Å². The Labute approximate surface area is 99.6 Å². The van der Waals surface area contributed by atoms with Gasteiger partial charge < -0.3 is 5.11 Å². The zero-order valence-electron chi connectivity index (χ0n) is 7.78. The minimum absolute atomic E-state index is 0.0210. The van der Waals surface area contributed by atoms with Crippen LogP contribution in [0.4, 0.5) is 0 Å². The molecule has 0 radical (unpaired) electrons. The predicted octanol–water partition coefficient (Wildman–Crippen LogP) is 2.60. The number of aromatic nitrogens is 3. The van der Waals surface area contributed by atoms with E-state index >= 15 is 0 Å². The summed E-state index contributed by atoms with van der Waals surface area (Å²) in [7, 11) is 1.81. The second kappa shape index (κ2) is 3.83. The van der Waals surface area contributed by atoms with Crippen LogP contribution in [-0.2, 0) is 7.05 Å². The number of aryl methyl sites for hydroxylation is 1. The van der Waals surface area contributed by atoms with Crippen LogP contribution in [0.2, 0.25) is 5.02 Å². The summed E-state index contributed by atoms with van der Waals surface area (Å²) in [6.45, 7) is 0. The summed E-state index contributed by atoms with van der Waals surface area (Å²) in [6, 6.07) is 1.45. The van der Waals surface area contributed by atoms with Gasteiger partial charge >= 0.3 is 0 Å². The molecule has 4 nitrogen and oxygen atoms in total. The Kier molecular flexibility index (Phi) is 2.67. The van der Waals surface area contributed by atoms with Crippen molar-refractivity contribution >= 4 is 27.5 Å². The van der Waals surface area contributed by atoms with Crippen molar-refractivity contribution in [2.24, 2.45) is 7.05 Å². The average molecular weight is 289 g/mol. The summed E-state index contributed by atoms with van der Waals surface area (Å²) < 4.78 is 2.03. The van der Waals surface area contributed by atoms with Gasteiger partial charge in [0.05, 0.1) is 16.9 Å². The lowest BCUT2D eigenvalue weighted by Gasteiger charge is -2.02. The van der Waals surface area contributed by atoms with Crippen molar-refractivity contribution in [1.82, 2.24) is 14.8 Å². The lowest BCUT2D eigenvalue weighted by atomic mass is 10.2. The average Bonchev–Trinajstić information content (AvgIpc) is 2.58. The van der Waals surface area contributed by atoms with Crippen LogP contribution in [0, 0.1) is 0 Å². The second-order valence-corrected chi connectivity index (χ2v) is 4.19. The number of nitrogens with zero attached hydrogens (tertiary/aromatic N) is 3. The third-order valence-corrected chi connectivity index (χ3v) is 2.76. The first-order valence-corrected chi connectivity index (χ1v) is 5.29. The molecule has 0 aromatic carbocycles. The van der Waals surface area contributed by atoms with E-state index in [0.717, 1.165) is 5.56 Å². The molecule has 2 aromatic heterocycles. The van der Waals surface area contributed by atoms with Gasteiger partial charge in [-0.05, 0) is 15.9 Å². The topological polar surface area (TPSA) is 50.9 Å². The quantitative estimate of drug-likeness (QED) is 0.821. The largest absolute Gasteiger partial charge is 0.505 e. The third kappa shape index (κ3) is 1.98. The summed E-state index contributed by atoms with van der Waals surface area (Å²) in [5.74, 6) is 0.0210. The fourth-order valence-electron chi connectivity index (χ4n) is 1.20. The van der Waals surface area contributed by atoms with Gasteiger partial charge in [-0.15, -0.1) is 0 Å². The molecule has 0 amide bonds. The van der Waals surface area contributed by atoms with Crippen LogP contribution in [0.15, 0.2) is 23.1 Å². The van der Waals surface area contributed by atoms with E-state index in [4.69, 9.17) is 11.6 Å². The van der Waals surface area contributed by atoms with Gasteiger partial charge in [-0.3, -0.25) is 4.68 Å². The van der Waals surface area contributed by atoms with E-state index in [0.29, 0.717) is 15.3 Å². The Morgan fingerprint density at radius 2 is 2.27 bits per heavy atom. The van der Waals surface area contributed by atoms with Crippen molar-refractivity contribution in [3.63, 3.8) is 0 Å². The summed E-state index contributed by atoms with van der Waals surface area (Å²) in [5, 5.41) is 13.8. The van der Waals surface area contributed by atoms with E-state index in [2.05, 4.69) is 26.0 Å². The van der Waals surface area contributed by atoms with Crippen LogP contribution in [0.3, 0.4) is 0 Å². The molecule has 2 aromatic rings. The Hall–Kier alpha value is -1.07. The lowest BCUT2D eigenvalue weighted by Crippen LogP contribution is -1.86. The van der Waals surface area contributed by atoms with Crippen molar-refractivity contribution in [1.29, 1.82) is 0 Å². The second-order valence-electron chi connectivity index (χ2n) is 3.03. The number of hydrogen-bond donors (Lipinski definition) is 1. The summed E-state index contributed by atoms with van der Waals surface area (Å²) in [5.41, 5.74) is 1.40. The first kappa shape index (κ1) is 10.4. The zero-order valence-corrected chi connectivity index (χ0v) is 10.1. The van der Waals surface area contributed by atoms with Gasteiger partial charge in [0, 0.05) is 24.9 Å². The molecule has 0 unspecified atom stereocenters.